The Morgan fingerprint density at radius 2 is 2.40 bits per heavy atom. The molecule has 1 heterocycles. The molecule has 0 saturated carbocycles. The second kappa shape index (κ2) is 3.81. The quantitative estimate of drug-likeness (QED) is 0.693. The Kier molecular flexibility index (Phi) is 2.99. The molecule has 0 aliphatic carbocycles. The van der Waals surface area contributed by atoms with Crippen LogP contribution in [0, 0.1) is 0 Å². The molecule has 0 amide bonds. The Morgan fingerprint density at radius 1 is 1.60 bits per heavy atom. The van der Waals surface area contributed by atoms with Crippen LogP contribution in [-0.2, 0) is 0 Å². The molecule has 0 N–H and O–H groups in total. The Morgan fingerprint density at radius 3 is 3.00 bits per heavy atom. The molecule has 0 aliphatic heterocycles. The van der Waals surface area contributed by atoms with Crippen LogP contribution in [-0.4, -0.2) is 34.1 Å². The maximum atomic E-state index is 5.19. The molecular weight excluding hydrogens is 233 g/mol. The van der Waals surface area contributed by atoms with Gasteiger partial charge in [0.05, 0.1) is 0 Å². The third-order valence-corrected chi connectivity index (χ3v) is 1.81. The van der Waals surface area contributed by atoms with Crippen molar-refractivity contribution in [1.82, 2.24) is 4.98 Å². The van der Waals surface area contributed by atoms with Crippen molar-refractivity contribution in [3.8, 4) is 5.88 Å². The van der Waals surface area contributed by atoms with E-state index in [1.807, 2.05) is 25.1 Å². The van der Waals surface area contributed by atoms with E-state index >= 15 is 0 Å². The van der Waals surface area contributed by atoms with Crippen molar-refractivity contribution in [2.24, 2.45) is 0 Å². The van der Waals surface area contributed by atoms with Gasteiger partial charge in [0.1, 0.15) is 0 Å². The first-order valence-electron chi connectivity index (χ1n) is 3.14. The fourth-order valence-electron chi connectivity index (χ4n) is 0.643. The average Bonchev–Trinajstić information content (AvgIpc) is 1.88. The van der Waals surface area contributed by atoms with E-state index in [9.17, 15) is 0 Å². The Bertz CT molecular complexity index is 215. The van der Waals surface area contributed by atoms with Crippen LogP contribution in [0.5, 0.6) is 5.88 Å². The van der Waals surface area contributed by atoms with Gasteiger partial charge < -0.3 is 0 Å². The third-order valence-electron chi connectivity index (χ3n) is 1.02. The van der Waals surface area contributed by atoms with E-state index in [1.54, 1.807) is 0 Å². The molecule has 3 radical (unpaired) electrons. The van der Waals surface area contributed by atoms with Gasteiger partial charge in [0, 0.05) is 0 Å². The first-order valence-corrected chi connectivity index (χ1v) is 4.57. The molecule has 0 bridgehead atoms. The van der Waals surface area contributed by atoms with Gasteiger partial charge in [-0.25, -0.2) is 0 Å². The summed E-state index contributed by atoms with van der Waals surface area (Å²) < 4.78 is 6.27. The first kappa shape index (κ1) is 7.85. The van der Waals surface area contributed by atoms with Crippen molar-refractivity contribution in [3.63, 3.8) is 0 Å². The van der Waals surface area contributed by atoms with Gasteiger partial charge in [-0.05, 0) is 0 Å². The topological polar surface area (TPSA) is 22.1 Å². The van der Waals surface area contributed by atoms with Gasteiger partial charge in [0.15, 0.2) is 0 Å². The van der Waals surface area contributed by atoms with Gasteiger partial charge in [0.25, 0.3) is 0 Å². The van der Waals surface area contributed by atoms with Crippen molar-refractivity contribution < 1.29 is 4.74 Å². The van der Waals surface area contributed by atoms with E-state index in [1.165, 1.54) is 22.5 Å². The molecule has 51 valence electrons. The van der Waals surface area contributed by atoms with E-state index in [0.717, 1.165) is 9.59 Å². The molecule has 10 heavy (non-hydrogen) atoms. The fraction of sp³-hybridized carbons (Fsp3) is 0.286. The summed E-state index contributed by atoms with van der Waals surface area (Å²) in [6.07, 6.45) is 0. The van der Waals surface area contributed by atoms with Crippen LogP contribution in [0.1, 0.15) is 6.92 Å². The molecule has 1 aromatic heterocycles. The molecule has 0 unspecified atom stereocenters. The Hall–Kier alpha value is -0.251. The summed E-state index contributed by atoms with van der Waals surface area (Å²) in [4.78, 5) is 4.18. The van der Waals surface area contributed by atoms with Crippen LogP contribution in [0.4, 0.5) is 0 Å². The second-order valence-electron chi connectivity index (χ2n) is 1.79. The van der Waals surface area contributed by atoms with Gasteiger partial charge >= 0.3 is 73.6 Å². The number of hydrogen-bond donors (Lipinski definition) is 0. The van der Waals surface area contributed by atoms with Crippen LogP contribution in [0.25, 0.3) is 0 Å². The summed E-state index contributed by atoms with van der Waals surface area (Å²) in [5, 5.41) is 0. The fourth-order valence-corrected chi connectivity index (χ4v) is 1.23. The minimum atomic E-state index is 0.687. The summed E-state index contributed by atoms with van der Waals surface area (Å²) in [5.74, 6) is 0.733. The summed E-state index contributed by atoms with van der Waals surface area (Å²) in [6.45, 7) is 2.64. The van der Waals surface area contributed by atoms with Crippen molar-refractivity contribution >= 4 is 26.2 Å². The average molecular weight is 241 g/mol. The Labute approximate surface area is 73.7 Å². The summed E-state index contributed by atoms with van der Waals surface area (Å²) in [5.41, 5.74) is 0. The van der Waals surface area contributed by atoms with Gasteiger partial charge in [-0.2, -0.15) is 0 Å². The number of aromatic nitrogens is 1. The summed E-state index contributed by atoms with van der Waals surface area (Å²) >= 11 is 1.33. The zero-order chi connectivity index (χ0) is 7.40. The molecular formula is C7H8NOSn. The van der Waals surface area contributed by atoms with E-state index < -0.39 is 0 Å². The van der Waals surface area contributed by atoms with E-state index in [0.29, 0.717) is 6.61 Å². The molecule has 0 saturated heterocycles. The standard InChI is InChI=1S/C7H8NO.Sn/c1-2-9-7-5-3-4-6-8-7;/h3-5H,2H2,1H3;. The predicted molar refractivity (Wildman–Crippen MR) is 40.8 cm³/mol. The van der Waals surface area contributed by atoms with Crippen LogP contribution in [0.2, 0.25) is 0 Å². The monoisotopic (exact) mass is 242 g/mol. The van der Waals surface area contributed by atoms with Gasteiger partial charge in [-0.3, -0.25) is 0 Å². The summed E-state index contributed by atoms with van der Waals surface area (Å²) in [7, 11) is 0. The number of rotatable bonds is 2. The maximum absolute atomic E-state index is 5.19. The predicted octanol–water partition coefficient (Wildman–Crippen LogP) is 0.274. The van der Waals surface area contributed by atoms with E-state index in [4.69, 9.17) is 4.74 Å². The molecule has 0 aliphatic rings. The van der Waals surface area contributed by atoms with Gasteiger partial charge in [-0.1, -0.05) is 0 Å². The normalized spacial score (nSPS) is 9.40. The van der Waals surface area contributed by atoms with Gasteiger partial charge in [-0.15, -0.1) is 0 Å². The van der Waals surface area contributed by atoms with Crippen LogP contribution in [0.3, 0.4) is 0 Å². The SMILES string of the molecule is CCOc1ccc[c]([Sn])n1. The number of hydrogen-bond acceptors (Lipinski definition) is 2. The number of ether oxygens (including phenoxy) is 1. The Balaban J connectivity index is 2.75. The molecule has 2 nitrogen and oxygen atoms in total. The molecule has 0 fully saturated rings. The van der Waals surface area contributed by atoms with Crippen LogP contribution < -0.4 is 8.45 Å². The van der Waals surface area contributed by atoms with Crippen molar-refractivity contribution in [2.45, 2.75) is 6.92 Å². The van der Waals surface area contributed by atoms with Gasteiger partial charge in [0.2, 0.25) is 0 Å². The van der Waals surface area contributed by atoms with Crippen molar-refractivity contribution in [1.29, 1.82) is 0 Å². The van der Waals surface area contributed by atoms with Crippen LogP contribution >= 0.6 is 0 Å². The second-order valence-corrected chi connectivity index (χ2v) is 3.26. The molecule has 0 atom stereocenters. The molecule has 1 aromatic rings. The number of nitrogens with zero attached hydrogens (tertiary/aromatic N) is 1. The molecule has 1 rings (SSSR count). The van der Waals surface area contributed by atoms with Crippen LogP contribution in [0.15, 0.2) is 18.2 Å². The minimum absolute atomic E-state index is 0.687. The summed E-state index contributed by atoms with van der Waals surface area (Å²) in [6, 6.07) is 5.82. The number of pyridine rings is 1. The molecule has 0 spiro atoms. The van der Waals surface area contributed by atoms with E-state index in [2.05, 4.69) is 4.98 Å². The van der Waals surface area contributed by atoms with E-state index in [-0.39, 0.29) is 0 Å². The third kappa shape index (κ3) is 2.17. The first-order chi connectivity index (χ1) is 4.83. The zero-order valence-corrected chi connectivity index (χ0v) is 8.65. The molecule has 3 heteroatoms. The molecule has 0 aromatic carbocycles. The van der Waals surface area contributed by atoms with Crippen molar-refractivity contribution in [3.05, 3.63) is 18.2 Å². The van der Waals surface area contributed by atoms with Crippen molar-refractivity contribution in [2.75, 3.05) is 6.61 Å². The zero-order valence-electron chi connectivity index (χ0n) is 5.79.